The molecule has 7 heteroatoms. The van der Waals surface area contributed by atoms with Crippen molar-refractivity contribution in [3.8, 4) is 0 Å². The summed E-state index contributed by atoms with van der Waals surface area (Å²) in [4.78, 5) is 11.8. The molecule has 2 N–H and O–H groups in total. The molecule has 21 heavy (non-hydrogen) atoms. The van der Waals surface area contributed by atoms with Crippen LogP contribution in [0.2, 0.25) is 0 Å². The summed E-state index contributed by atoms with van der Waals surface area (Å²) in [6, 6.07) is 0. The summed E-state index contributed by atoms with van der Waals surface area (Å²) in [5, 5.41) is 15.2. The van der Waals surface area contributed by atoms with E-state index in [9.17, 15) is 4.79 Å². The van der Waals surface area contributed by atoms with E-state index in [0.29, 0.717) is 11.7 Å². The number of thioether (sulfide) groups is 1. The fraction of sp³-hybridized carbons (Fsp3) is 0.786. The molecule has 1 fully saturated rings. The molecular formula is C14H24N4OS2. The molecule has 1 saturated carbocycles. The number of carbonyl (C=O) groups excluding carboxylic acids is 1. The molecule has 0 aromatic carbocycles. The molecule has 1 aliphatic carbocycles. The molecule has 0 aliphatic heterocycles. The molecule has 0 spiro atoms. The summed E-state index contributed by atoms with van der Waals surface area (Å²) in [6.45, 7) is 3.85. The maximum absolute atomic E-state index is 11.8. The third-order valence-corrected chi connectivity index (χ3v) is 5.59. The van der Waals surface area contributed by atoms with E-state index in [1.54, 1.807) is 0 Å². The lowest BCUT2D eigenvalue weighted by atomic mass is 9.89. The van der Waals surface area contributed by atoms with Crippen LogP contribution in [0.4, 0.5) is 5.13 Å². The number of carbonyl (C=O) groups is 1. The minimum absolute atomic E-state index is 0.101. The molecule has 0 saturated heterocycles. The van der Waals surface area contributed by atoms with Crippen LogP contribution in [0, 0.1) is 5.92 Å². The quantitative estimate of drug-likeness (QED) is 0.718. The van der Waals surface area contributed by atoms with Gasteiger partial charge in [-0.3, -0.25) is 4.79 Å². The zero-order chi connectivity index (χ0) is 14.9. The normalized spacial score (nSPS) is 15.9. The van der Waals surface area contributed by atoms with Crippen molar-refractivity contribution < 1.29 is 4.79 Å². The van der Waals surface area contributed by atoms with Gasteiger partial charge in [0, 0.05) is 13.1 Å². The van der Waals surface area contributed by atoms with Gasteiger partial charge in [0.25, 0.3) is 0 Å². The van der Waals surface area contributed by atoms with E-state index >= 15 is 0 Å². The van der Waals surface area contributed by atoms with Crippen molar-refractivity contribution in [2.24, 2.45) is 5.92 Å². The van der Waals surface area contributed by atoms with Crippen molar-refractivity contribution in [1.29, 1.82) is 0 Å². The lowest BCUT2D eigenvalue weighted by Crippen LogP contribution is -2.31. The van der Waals surface area contributed by atoms with Gasteiger partial charge in [-0.2, -0.15) is 0 Å². The fourth-order valence-corrected chi connectivity index (χ4v) is 4.01. The highest BCUT2D eigenvalue weighted by atomic mass is 32.2. The average molecular weight is 329 g/mol. The van der Waals surface area contributed by atoms with Gasteiger partial charge in [-0.05, 0) is 25.2 Å². The molecule has 1 aromatic rings. The lowest BCUT2D eigenvalue weighted by molar-refractivity contribution is -0.118. The Bertz CT molecular complexity index is 432. The summed E-state index contributed by atoms with van der Waals surface area (Å²) < 4.78 is 0.849. The Balaban J connectivity index is 1.62. The molecule has 1 heterocycles. The van der Waals surface area contributed by atoms with Gasteiger partial charge >= 0.3 is 0 Å². The Morgan fingerprint density at radius 1 is 1.33 bits per heavy atom. The topological polar surface area (TPSA) is 66.9 Å². The number of nitrogens with one attached hydrogen (secondary N) is 2. The van der Waals surface area contributed by atoms with Crippen LogP contribution in [0.3, 0.4) is 0 Å². The Hall–Kier alpha value is -0.820. The van der Waals surface area contributed by atoms with Crippen LogP contribution in [-0.4, -0.2) is 34.9 Å². The van der Waals surface area contributed by atoms with E-state index in [4.69, 9.17) is 0 Å². The Morgan fingerprint density at radius 2 is 2.14 bits per heavy atom. The Kier molecular flexibility index (Phi) is 7.29. The van der Waals surface area contributed by atoms with Crippen molar-refractivity contribution >= 4 is 34.1 Å². The number of amides is 1. The van der Waals surface area contributed by atoms with Gasteiger partial charge in [-0.25, -0.2) is 0 Å². The molecular weight excluding hydrogens is 304 g/mol. The fourth-order valence-electron chi connectivity index (χ4n) is 2.40. The van der Waals surface area contributed by atoms with Crippen LogP contribution in [0.1, 0.15) is 45.4 Å². The van der Waals surface area contributed by atoms with E-state index in [2.05, 4.69) is 27.8 Å². The molecule has 0 unspecified atom stereocenters. The number of anilines is 1. The van der Waals surface area contributed by atoms with Crippen molar-refractivity contribution in [2.75, 3.05) is 24.2 Å². The summed E-state index contributed by atoms with van der Waals surface area (Å²) in [6.07, 6.45) is 7.56. The van der Waals surface area contributed by atoms with Gasteiger partial charge in [-0.15, -0.1) is 10.2 Å². The van der Waals surface area contributed by atoms with Crippen LogP contribution < -0.4 is 10.6 Å². The molecule has 1 aromatic heterocycles. The van der Waals surface area contributed by atoms with Crippen molar-refractivity contribution in [2.45, 2.75) is 49.8 Å². The maximum atomic E-state index is 11.8. The largest absolute Gasteiger partial charge is 0.360 e. The van der Waals surface area contributed by atoms with Crippen LogP contribution in [0.15, 0.2) is 4.34 Å². The number of aromatic nitrogens is 2. The third kappa shape index (κ3) is 6.22. The smallest absolute Gasteiger partial charge is 0.230 e. The Morgan fingerprint density at radius 3 is 2.90 bits per heavy atom. The summed E-state index contributed by atoms with van der Waals surface area (Å²) in [5.74, 6) is 1.21. The van der Waals surface area contributed by atoms with E-state index in [0.717, 1.165) is 29.0 Å². The lowest BCUT2D eigenvalue weighted by Gasteiger charge is -2.21. The van der Waals surface area contributed by atoms with Crippen LogP contribution in [0.5, 0.6) is 0 Å². The molecule has 2 rings (SSSR count). The van der Waals surface area contributed by atoms with Crippen LogP contribution in [-0.2, 0) is 4.79 Å². The second kappa shape index (κ2) is 9.25. The first-order chi connectivity index (χ1) is 10.3. The van der Waals surface area contributed by atoms with Gasteiger partial charge in [0.05, 0.1) is 5.75 Å². The van der Waals surface area contributed by atoms with E-state index in [1.165, 1.54) is 55.2 Å². The molecule has 1 aliphatic rings. The van der Waals surface area contributed by atoms with Gasteiger partial charge in [0.2, 0.25) is 11.0 Å². The minimum Gasteiger partial charge on any atom is -0.360 e. The third-order valence-electron chi connectivity index (χ3n) is 3.57. The number of nitrogens with zero attached hydrogens (tertiary/aromatic N) is 2. The summed E-state index contributed by atoms with van der Waals surface area (Å²) >= 11 is 2.97. The van der Waals surface area contributed by atoms with Crippen LogP contribution >= 0.6 is 23.1 Å². The highest BCUT2D eigenvalue weighted by Gasteiger charge is 2.14. The van der Waals surface area contributed by atoms with Gasteiger partial charge in [-0.1, -0.05) is 49.3 Å². The van der Waals surface area contributed by atoms with Gasteiger partial charge in [0.15, 0.2) is 4.34 Å². The second-order valence-corrected chi connectivity index (χ2v) is 7.60. The van der Waals surface area contributed by atoms with E-state index in [-0.39, 0.29) is 5.91 Å². The predicted octanol–water partition coefficient (Wildman–Crippen LogP) is 3.15. The molecule has 1 amide bonds. The first-order valence-electron chi connectivity index (χ1n) is 7.74. The van der Waals surface area contributed by atoms with Crippen LogP contribution in [0.25, 0.3) is 0 Å². The standard InChI is InChI=1S/C14H24N4OS2/c1-2-8-15-13-17-18-14(21-13)20-10-12(19)16-9-11-6-4-3-5-7-11/h11H,2-10H2,1H3,(H,15,17)(H,16,19). The highest BCUT2D eigenvalue weighted by Crippen LogP contribution is 2.25. The number of rotatable bonds is 8. The number of hydrogen-bond acceptors (Lipinski definition) is 6. The molecule has 0 atom stereocenters. The van der Waals surface area contributed by atoms with Crippen molar-refractivity contribution in [3.63, 3.8) is 0 Å². The maximum Gasteiger partial charge on any atom is 0.230 e. The van der Waals surface area contributed by atoms with E-state index in [1.807, 2.05) is 0 Å². The monoisotopic (exact) mass is 328 g/mol. The molecule has 118 valence electrons. The SMILES string of the molecule is CCCNc1nnc(SCC(=O)NCC2CCCCC2)s1. The summed E-state index contributed by atoms with van der Waals surface area (Å²) in [7, 11) is 0. The zero-order valence-electron chi connectivity index (χ0n) is 12.6. The van der Waals surface area contributed by atoms with Crippen molar-refractivity contribution in [1.82, 2.24) is 15.5 Å². The molecule has 0 radical (unpaired) electrons. The average Bonchev–Trinajstić information content (AvgIpc) is 2.98. The number of hydrogen-bond donors (Lipinski definition) is 2. The van der Waals surface area contributed by atoms with Gasteiger partial charge < -0.3 is 10.6 Å². The van der Waals surface area contributed by atoms with E-state index < -0.39 is 0 Å². The molecule has 0 bridgehead atoms. The zero-order valence-corrected chi connectivity index (χ0v) is 14.2. The highest BCUT2D eigenvalue weighted by molar-refractivity contribution is 8.01. The second-order valence-electron chi connectivity index (χ2n) is 5.40. The summed E-state index contributed by atoms with van der Waals surface area (Å²) in [5.41, 5.74) is 0. The van der Waals surface area contributed by atoms with Crippen molar-refractivity contribution in [3.05, 3.63) is 0 Å². The van der Waals surface area contributed by atoms with Gasteiger partial charge in [0.1, 0.15) is 0 Å². The molecule has 5 nitrogen and oxygen atoms in total. The first-order valence-corrected chi connectivity index (χ1v) is 9.55. The minimum atomic E-state index is 0.101. The Labute approximate surface area is 134 Å². The first kappa shape index (κ1) is 16.5. The predicted molar refractivity (Wildman–Crippen MR) is 89.0 cm³/mol.